The molecule has 0 aromatic heterocycles. The second kappa shape index (κ2) is 6.34. The molecule has 0 aliphatic carbocycles. The Bertz CT molecular complexity index is 629. The van der Waals surface area contributed by atoms with Crippen LogP contribution in [-0.4, -0.2) is 19.3 Å². The Hall–Kier alpha value is -2.14. The summed E-state index contributed by atoms with van der Waals surface area (Å²) >= 11 is 1.67. The van der Waals surface area contributed by atoms with Crippen LogP contribution < -0.4 is 11.1 Å². The molecular weight excluding hydrogens is 272 g/mol. The number of anilines is 3. The molecular formula is C15H16N2O2S. The van der Waals surface area contributed by atoms with Crippen LogP contribution in [0.4, 0.5) is 17.1 Å². The zero-order valence-electron chi connectivity index (χ0n) is 11.3. The molecule has 0 amide bonds. The van der Waals surface area contributed by atoms with Gasteiger partial charge in [0.15, 0.2) is 0 Å². The Balaban J connectivity index is 2.27. The molecule has 4 nitrogen and oxygen atoms in total. The van der Waals surface area contributed by atoms with Gasteiger partial charge in [0, 0.05) is 22.0 Å². The molecule has 0 aliphatic rings. The SMILES string of the molecule is COC(=O)c1cc(Nc2cccc(SC)c2)ccc1N. The summed E-state index contributed by atoms with van der Waals surface area (Å²) in [5.74, 6) is -0.441. The molecule has 0 spiro atoms. The van der Waals surface area contributed by atoms with Crippen molar-refractivity contribution < 1.29 is 9.53 Å². The predicted octanol–water partition coefficient (Wildman–Crippen LogP) is 3.52. The number of esters is 1. The van der Waals surface area contributed by atoms with Crippen molar-refractivity contribution in [1.29, 1.82) is 0 Å². The predicted molar refractivity (Wildman–Crippen MR) is 83.7 cm³/mol. The molecule has 5 heteroatoms. The number of thioether (sulfide) groups is 1. The van der Waals surface area contributed by atoms with E-state index in [4.69, 9.17) is 10.5 Å². The minimum absolute atomic E-state index is 0.360. The average Bonchev–Trinajstić information content (AvgIpc) is 2.48. The maximum atomic E-state index is 11.6. The van der Waals surface area contributed by atoms with Crippen LogP contribution in [0.25, 0.3) is 0 Å². The fourth-order valence-corrected chi connectivity index (χ4v) is 2.25. The van der Waals surface area contributed by atoms with Gasteiger partial charge in [-0.2, -0.15) is 0 Å². The van der Waals surface area contributed by atoms with Crippen molar-refractivity contribution in [3.8, 4) is 0 Å². The van der Waals surface area contributed by atoms with Gasteiger partial charge >= 0.3 is 5.97 Å². The number of hydrogen-bond acceptors (Lipinski definition) is 5. The Morgan fingerprint density at radius 2 is 1.95 bits per heavy atom. The Labute approximate surface area is 122 Å². The molecule has 20 heavy (non-hydrogen) atoms. The second-order valence-electron chi connectivity index (χ2n) is 4.15. The molecule has 0 radical (unpaired) electrons. The van der Waals surface area contributed by atoms with Crippen molar-refractivity contribution in [1.82, 2.24) is 0 Å². The van der Waals surface area contributed by atoms with Crippen molar-refractivity contribution in [3.05, 3.63) is 48.0 Å². The van der Waals surface area contributed by atoms with E-state index >= 15 is 0 Å². The molecule has 0 atom stereocenters. The van der Waals surface area contributed by atoms with Crippen molar-refractivity contribution >= 4 is 34.8 Å². The Morgan fingerprint density at radius 3 is 2.65 bits per heavy atom. The highest BCUT2D eigenvalue weighted by Crippen LogP contribution is 2.25. The van der Waals surface area contributed by atoms with E-state index in [2.05, 4.69) is 5.32 Å². The van der Waals surface area contributed by atoms with Gasteiger partial charge in [0.2, 0.25) is 0 Å². The summed E-state index contributed by atoms with van der Waals surface area (Å²) in [6.45, 7) is 0. The van der Waals surface area contributed by atoms with Crippen LogP contribution in [0.5, 0.6) is 0 Å². The summed E-state index contributed by atoms with van der Waals surface area (Å²) in [4.78, 5) is 12.8. The van der Waals surface area contributed by atoms with Crippen molar-refractivity contribution in [2.45, 2.75) is 4.90 Å². The number of carbonyl (C=O) groups is 1. The molecule has 0 unspecified atom stereocenters. The molecule has 0 saturated heterocycles. The van der Waals surface area contributed by atoms with E-state index in [0.717, 1.165) is 11.4 Å². The third-order valence-corrected chi connectivity index (χ3v) is 3.54. The number of benzene rings is 2. The lowest BCUT2D eigenvalue weighted by Gasteiger charge is -2.10. The highest BCUT2D eigenvalue weighted by molar-refractivity contribution is 7.98. The first-order valence-corrected chi connectivity index (χ1v) is 7.25. The number of ether oxygens (including phenoxy) is 1. The first-order chi connectivity index (χ1) is 9.63. The number of carbonyl (C=O) groups excluding carboxylic acids is 1. The van der Waals surface area contributed by atoms with Crippen LogP contribution in [0.3, 0.4) is 0 Å². The molecule has 0 saturated carbocycles. The Morgan fingerprint density at radius 1 is 1.20 bits per heavy atom. The van der Waals surface area contributed by atoms with E-state index in [1.807, 2.05) is 36.6 Å². The van der Waals surface area contributed by atoms with Crippen LogP contribution in [-0.2, 0) is 4.74 Å². The van der Waals surface area contributed by atoms with Gasteiger partial charge < -0.3 is 15.8 Å². The van der Waals surface area contributed by atoms with E-state index in [9.17, 15) is 4.79 Å². The number of methoxy groups -OCH3 is 1. The molecule has 0 fully saturated rings. The van der Waals surface area contributed by atoms with Crippen LogP contribution in [0.1, 0.15) is 10.4 Å². The molecule has 2 rings (SSSR count). The van der Waals surface area contributed by atoms with Gasteiger partial charge in [0.25, 0.3) is 0 Å². The lowest BCUT2D eigenvalue weighted by Crippen LogP contribution is -2.06. The van der Waals surface area contributed by atoms with Gasteiger partial charge in [-0.15, -0.1) is 11.8 Å². The molecule has 2 aromatic rings. The van der Waals surface area contributed by atoms with E-state index in [1.165, 1.54) is 12.0 Å². The third kappa shape index (κ3) is 3.24. The van der Waals surface area contributed by atoms with Gasteiger partial charge in [-0.3, -0.25) is 0 Å². The molecule has 0 heterocycles. The highest BCUT2D eigenvalue weighted by atomic mass is 32.2. The fourth-order valence-electron chi connectivity index (χ4n) is 1.79. The zero-order chi connectivity index (χ0) is 14.5. The van der Waals surface area contributed by atoms with Gasteiger partial charge in [-0.1, -0.05) is 6.07 Å². The summed E-state index contributed by atoms with van der Waals surface area (Å²) in [7, 11) is 1.34. The van der Waals surface area contributed by atoms with E-state index < -0.39 is 5.97 Å². The summed E-state index contributed by atoms with van der Waals surface area (Å²) in [6.07, 6.45) is 2.03. The summed E-state index contributed by atoms with van der Waals surface area (Å²) in [6, 6.07) is 13.2. The van der Waals surface area contributed by atoms with E-state index in [1.54, 1.807) is 23.9 Å². The number of rotatable bonds is 4. The van der Waals surface area contributed by atoms with Crippen molar-refractivity contribution in [2.24, 2.45) is 0 Å². The van der Waals surface area contributed by atoms with E-state index in [-0.39, 0.29) is 0 Å². The van der Waals surface area contributed by atoms with Crippen LogP contribution in [0.15, 0.2) is 47.4 Å². The highest BCUT2D eigenvalue weighted by Gasteiger charge is 2.10. The monoisotopic (exact) mass is 288 g/mol. The molecule has 2 aromatic carbocycles. The Kier molecular flexibility index (Phi) is 4.53. The molecule has 3 N–H and O–H groups in total. The van der Waals surface area contributed by atoms with Gasteiger partial charge in [-0.05, 0) is 42.7 Å². The van der Waals surface area contributed by atoms with Crippen LogP contribution in [0.2, 0.25) is 0 Å². The van der Waals surface area contributed by atoms with Gasteiger partial charge in [-0.25, -0.2) is 4.79 Å². The third-order valence-electron chi connectivity index (χ3n) is 2.82. The van der Waals surface area contributed by atoms with Crippen molar-refractivity contribution in [2.75, 3.05) is 24.4 Å². The van der Waals surface area contributed by atoms with Crippen LogP contribution >= 0.6 is 11.8 Å². The number of nitrogens with two attached hydrogens (primary N) is 1. The topological polar surface area (TPSA) is 64.3 Å². The minimum Gasteiger partial charge on any atom is -0.465 e. The molecule has 104 valence electrons. The standard InChI is InChI=1S/C15H16N2O2S/c1-19-15(18)13-9-11(6-7-14(13)16)17-10-4-3-5-12(8-10)20-2/h3-9,17H,16H2,1-2H3. The number of hydrogen-bond donors (Lipinski definition) is 2. The maximum Gasteiger partial charge on any atom is 0.340 e. The average molecular weight is 288 g/mol. The largest absolute Gasteiger partial charge is 0.465 e. The first-order valence-electron chi connectivity index (χ1n) is 6.03. The molecule has 0 bridgehead atoms. The minimum atomic E-state index is -0.441. The smallest absolute Gasteiger partial charge is 0.340 e. The van der Waals surface area contributed by atoms with Gasteiger partial charge in [0.1, 0.15) is 0 Å². The maximum absolute atomic E-state index is 11.6. The number of nitrogens with one attached hydrogen (secondary N) is 1. The summed E-state index contributed by atoms with van der Waals surface area (Å²) in [5, 5.41) is 3.25. The van der Waals surface area contributed by atoms with Crippen molar-refractivity contribution in [3.63, 3.8) is 0 Å². The normalized spacial score (nSPS) is 10.1. The summed E-state index contributed by atoms with van der Waals surface area (Å²) in [5.41, 5.74) is 8.28. The van der Waals surface area contributed by atoms with Crippen LogP contribution in [0, 0.1) is 0 Å². The molecule has 0 aliphatic heterocycles. The fraction of sp³-hybridized carbons (Fsp3) is 0.133. The van der Waals surface area contributed by atoms with E-state index in [0.29, 0.717) is 11.3 Å². The van der Waals surface area contributed by atoms with Gasteiger partial charge in [0.05, 0.1) is 12.7 Å². The lowest BCUT2D eigenvalue weighted by molar-refractivity contribution is 0.0602. The lowest BCUT2D eigenvalue weighted by atomic mass is 10.1. The summed E-state index contributed by atoms with van der Waals surface area (Å²) < 4.78 is 4.71. The first kappa shape index (κ1) is 14.3. The quantitative estimate of drug-likeness (QED) is 0.512. The zero-order valence-corrected chi connectivity index (χ0v) is 12.2. The number of nitrogen functional groups attached to an aromatic ring is 1. The second-order valence-corrected chi connectivity index (χ2v) is 5.03.